The molecule has 0 amide bonds. The number of aromatic nitrogens is 1. The Bertz CT molecular complexity index is 249. The first-order chi connectivity index (χ1) is 5.66. The fourth-order valence-corrected chi connectivity index (χ4v) is 1.42. The third kappa shape index (κ3) is 1.88. The van der Waals surface area contributed by atoms with Crippen molar-refractivity contribution >= 4 is 15.9 Å². The molecule has 0 aliphatic carbocycles. The molecule has 1 aromatic heterocycles. The molecule has 0 aliphatic heterocycles. The highest BCUT2D eigenvalue weighted by Crippen LogP contribution is 2.17. The minimum absolute atomic E-state index is 0.374. The second-order valence-electron chi connectivity index (χ2n) is 2.71. The number of nitrogens with zero attached hydrogens (tertiary/aromatic N) is 1. The van der Waals surface area contributed by atoms with Crippen molar-refractivity contribution in [3.63, 3.8) is 0 Å². The van der Waals surface area contributed by atoms with Crippen LogP contribution in [0.4, 0.5) is 0 Å². The van der Waals surface area contributed by atoms with Crippen LogP contribution >= 0.6 is 15.9 Å². The Balaban J connectivity index is 2.77. The maximum Gasteiger partial charge on any atom is 0.121 e. The number of aliphatic hydroxyl groups excluding tert-OH is 2. The van der Waals surface area contributed by atoms with Gasteiger partial charge in [-0.2, -0.15) is 0 Å². The molecule has 0 fully saturated rings. The van der Waals surface area contributed by atoms with E-state index in [4.69, 9.17) is 0 Å². The SMILES string of the molecule is Cn1cccc1C(O)C(O)CBr. The molecule has 0 saturated heterocycles. The quantitative estimate of drug-likeness (QED) is 0.760. The maximum atomic E-state index is 9.56. The van der Waals surface area contributed by atoms with Crippen LogP contribution in [-0.4, -0.2) is 26.2 Å². The zero-order valence-electron chi connectivity index (χ0n) is 6.81. The second-order valence-corrected chi connectivity index (χ2v) is 3.36. The normalized spacial score (nSPS) is 16.0. The molecular weight excluding hydrogens is 222 g/mol. The molecule has 2 N–H and O–H groups in total. The summed E-state index contributed by atoms with van der Waals surface area (Å²) in [7, 11) is 1.83. The lowest BCUT2D eigenvalue weighted by molar-refractivity contribution is 0.0298. The van der Waals surface area contributed by atoms with Crippen molar-refractivity contribution in [2.24, 2.45) is 7.05 Å². The minimum atomic E-state index is -0.815. The van der Waals surface area contributed by atoms with Crippen LogP contribution in [0.1, 0.15) is 11.8 Å². The summed E-state index contributed by atoms with van der Waals surface area (Å²) in [4.78, 5) is 0. The van der Waals surface area contributed by atoms with E-state index < -0.39 is 12.2 Å². The fraction of sp³-hybridized carbons (Fsp3) is 0.500. The van der Waals surface area contributed by atoms with Crippen molar-refractivity contribution in [1.29, 1.82) is 0 Å². The van der Waals surface area contributed by atoms with Gasteiger partial charge in [0.15, 0.2) is 0 Å². The summed E-state index contributed by atoms with van der Waals surface area (Å²) in [5.41, 5.74) is 0.724. The van der Waals surface area contributed by atoms with Gasteiger partial charge in [0.1, 0.15) is 6.10 Å². The summed E-state index contributed by atoms with van der Waals surface area (Å²) in [5, 5.41) is 19.2. The van der Waals surface area contributed by atoms with Gasteiger partial charge < -0.3 is 14.8 Å². The van der Waals surface area contributed by atoms with Gasteiger partial charge in [-0.1, -0.05) is 15.9 Å². The predicted molar refractivity (Wildman–Crippen MR) is 50.2 cm³/mol. The second kappa shape index (κ2) is 4.07. The van der Waals surface area contributed by atoms with E-state index in [1.165, 1.54) is 0 Å². The molecular formula is C8H12BrNO2. The van der Waals surface area contributed by atoms with Gasteiger partial charge >= 0.3 is 0 Å². The number of rotatable bonds is 3. The summed E-state index contributed by atoms with van der Waals surface area (Å²) in [5.74, 6) is 0. The molecule has 4 heteroatoms. The van der Waals surface area contributed by atoms with Gasteiger partial charge in [0.05, 0.1) is 6.10 Å². The van der Waals surface area contributed by atoms with E-state index in [9.17, 15) is 10.2 Å². The van der Waals surface area contributed by atoms with Crippen LogP contribution in [0.2, 0.25) is 0 Å². The molecule has 0 spiro atoms. The number of hydrogen-bond donors (Lipinski definition) is 2. The van der Waals surface area contributed by atoms with Gasteiger partial charge in [0, 0.05) is 24.3 Å². The zero-order chi connectivity index (χ0) is 9.14. The zero-order valence-corrected chi connectivity index (χ0v) is 8.40. The van der Waals surface area contributed by atoms with Crippen molar-refractivity contribution < 1.29 is 10.2 Å². The molecule has 0 bridgehead atoms. The highest BCUT2D eigenvalue weighted by molar-refractivity contribution is 9.09. The van der Waals surface area contributed by atoms with Crippen molar-refractivity contribution in [3.8, 4) is 0 Å². The molecule has 2 unspecified atom stereocenters. The first kappa shape index (κ1) is 9.77. The third-order valence-corrected chi connectivity index (χ3v) is 2.47. The molecule has 0 aliphatic rings. The summed E-state index contributed by atoms with van der Waals surface area (Å²) in [6, 6.07) is 3.62. The molecule has 1 heterocycles. The summed E-state index contributed by atoms with van der Waals surface area (Å²) in [6.45, 7) is 0. The van der Waals surface area contributed by atoms with Crippen molar-refractivity contribution in [3.05, 3.63) is 24.0 Å². The molecule has 0 aromatic carbocycles. The van der Waals surface area contributed by atoms with E-state index in [-0.39, 0.29) is 0 Å². The highest BCUT2D eigenvalue weighted by atomic mass is 79.9. The van der Waals surface area contributed by atoms with Crippen LogP contribution in [0.15, 0.2) is 18.3 Å². The van der Waals surface area contributed by atoms with Crippen LogP contribution in [0.5, 0.6) is 0 Å². The van der Waals surface area contributed by atoms with E-state index in [0.717, 1.165) is 5.69 Å². The van der Waals surface area contributed by atoms with Gasteiger partial charge in [0.25, 0.3) is 0 Å². The molecule has 3 nitrogen and oxygen atoms in total. The van der Waals surface area contributed by atoms with Gasteiger partial charge in [-0.15, -0.1) is 0 Å². The molecule has 1 aromatic rings. The standard InChI is InChI=1S/C8H12BrNO2/c1-10-4-2-3-6(10)8(12)7(11)5-9/h2-4,7-8,11-12H,5H2,1H3. The third-order valence-electron chi connectivity index (χ3n) is 1.81. The monoisotopic (exact) mass is 233 g/mol. The topological polar surface area (TPSA) is 45.4 Å². The smallest absolute Gasteiger partial charge is 0.121 e. The lowest BCUT2D eigenvalue weighted by Crippen LogP contribution is -2.21. The lowest BCUT2D eigenvalue weighted by atomic mass is 10.2. The molecule has 0 radical (unpaired) electrons. The first-order valence-corrected chi connectivity index (χ1v) is 4.82. The van der Waals surface area contributed by atoms with E-state index in [0.29, 0.717) is 5.33 Å². The largest absolute Gasteiger partial charge is 0.389 e. The fourth-order valence-electron chi connectivity index (χ4n) is 1.06. The highest BCUT2D eigenvalue weighted by Gasteiger charge is 2.18. The average Bonchev–Trinajstić information content (AvgIpc) is 2.48. The Labute approximate surface area is 79.8 Å². The average molecular weight is 234 g/mol. The van der Waals surface area contributed by atoms with E-state index >= 15 is 0 Å². The first-order valence-electron chi connectivity index (χ1n) is 3.70. The number of alkyl halides is 1. The Morgan fingerprint density at radius 2 is 2.25 bits per heavy atom. The number of hydrogen-bond acceptors (Lipinski definition) is 2. The van der Waals surface area contributed by atoms with Crippen molar-refractivity contribution in [2.75, 3.05) is 5.33 Å². The number of halogens is 1. The van der Waals surface area contributed by atoms with Crippen molar-refractivity contribution in [1.82, 2.24) is 4.57 Å². The van der Waals surface area contributed by atoms with Crippen LogP contribution in [0, 0.1) is 0 Å². The van der Waals surface area contributed by atoms with Crippen LogP contribution in [-0.2, 0) is 7.05 Å². The van der Waals surface area contributed by atoms with Gasteiger partial charge in [-0.05, 0) is 12.1 Å². The Morgan fingerprint density at radius 3 is 2.67 bits per heavy atom. The van der Waals surface area contributed by atoms with Crippen LogP contribution in [0.25, 0.3) is 0 Å². The number of aliphatic hydroxyl groups is 2. The predicted octanol–water partition coefficient (Wildman–Crippen LogP) is 0.814. The van der Waals surface area contributed by atoms with E-state index in [2.05, 4.69) is 15.9 Å². The maximum absolute atomic E-state index is 9.56. The summed E-state index contributed by atoms with van der Waals surface area (Å²) in [6.07, 6.45) is 0.266. The Kier molecular flexibility index (Phi) is 3.31. The van der Waals surface area contributed by atoms with Gasteiger partial charge in [-0.3, -0.25) is 0 Å². The van der Waals surface area contributed by atoms with E-state index in [1.54, 1.807) is 10.6 Å². The van der Waals surface area contributed by atoms with Crippen molar-refractivity contribution in [2.45, 2.75) is 12.2 Å². The molecule has 0 saturated carbocycles. The van der Waals surface area contributed by atoms with Gasteiger partial charge in [0.2, 0.25) is 0 Å². The molecule has 12 heavy (non-hydrogen) atoms. The number of aryl methyl sites for hydroxylation is 1. The van der Waals surface area contributed by atoms with Gasteiger partial charge in [-0.25, -0.2) is 0 Å². The summed E-state index contributed by atoms with van der Waals surface area (Å²) >= 11 is 3.11. The minimum Gasteiger partial charge on any atom is -0.389 e. The summed E-state index contributed by atoms with van der Waals surface area (Å²) < 4.78 is 1.79. The molecule has 2 atom stereocenters. The lowest BCUT2D eigenvalue weighted by Gasteiger charge is -2.16. The Hall–Kier alpha value is -0.320. The van der Waals surface area contributed by atoms with E-state index in [1.807, 2.05) is 19.3 Å². The van der Waals surface area contributed by atoms with Crippen LogP contribution < -0.4 is 0 Å². The Morgan fingerprint density at radius 1 is 1.58 bits per heavy atom. The van der Waals surface area contributed by atoms with Crippen LogP contribution in [0.3, 0.4) is 0 Å². The molecule has 1 rings (SSSR count). The molecule has 68 valence electrons.